The zero-order valence-electron chi connectivity index (χ0n) is 3.72. The molecule has 0 aromatic rings. The molecule has 0 N–H and O–H groups in total. The van der Waals surface area contributed by atoms with E-state index in [0.29, 0.717) is 0 Å². The molecule has 0 radical (unpaired) electrons. The lowest BCUT2D eigenvalue weighted by Crippen LogP contribution is -2.01. The van der Waals surface area contributed by atoms with Crippen LogP contribution in [0.5, 0.6) is 0 Å². The molecule has 1 rings (SSSR count). The fourth-order valence-corrected chi connectivity index (χ4v) is 0.933. The maximum atomic E-state index is 2.17. The summed E-state index contributed by atoms with van der Waals surface area (Å²) in [6.07, 6.45) is 2.14. The van der Waals surface area contributed by atoms with Gasteiger partial charge in [0.2, 0.25) is 0 Å². The maximum Gasteiger partial charge on any atom is 0.0278 e. The Kier molecular flexibility index (Phi) is 1.17. The Bertz CT molecular complexity index is 61.9. The average molecular weight is 101 g/mol. The van der Waals surface area contributed by atoms with Crippen LogP contribution >= 0.6 is 11.9 Å². The molecule has 0 fully saturated rings. The normalized spacial score (nSPS) is 22.8. The van der Waals surface area contributed by atoms with Crippen molar-refractivity contribution in [3.63, 3.8) is 0 Å². The van der Waals surface area contributed by atoms with Gasteiger partial charge in [-0.3, -0.25) is 0 Å². The summed E-state index contributed by atoms with van der Waals surface area (Å²) in [6, 6.07) is 0. The lowest BCUT2D eigenvalue weighted by atomic mass is 10.6. The van der Waals surface area contributed by atoms with Gasteiger partial charge in [-0.05, 0) is 12.5 Å². The third-order valence-corrected chi connectivity index (χ3v) is 1.52. The highest BCUT2D eigenvalue weighted by Crippen LogP contribution is 2.13. The summed E-state index contributed by atoms with van der Waals surface area (Å²) in [7, 11) is 2.07. The van der Waals surface area contributed by atoms with Gasteiger partial charge in [-0.25, -0.2) is 4.31 Å². The first-order valence-electron chi connectivity index (χ1n) is 1.92. The lowest BCUT2D eigenvalue weighted by molar-refractivity contribution is 0.650. The first-order chi connectivity index (χ1) is 2.89. The molecule has 0 atom stereocenters. The van der Waals surface area contributed by atoms with Gasteiger partial charge in [0.05, 0.1) is 0 Å². The zero-order valence-corrected chi connectivity index (χ0v) is 4.53. The minimum Gasteiger partial charge on any atom is -0.246 e. The zero-order chi connectivity index (χ0) is 4.41. The molecule has 1 nitrogen and oxygen atoms in total. The highest BCUT2D eigenvalue weighted by molar-refractivity contribution is 8.00. The van der Waals surface area contributed by atoms with Gasteiger partial charge in [-0.2, -0.15) is 0 Å². The van der Waals surface area contributed by atoms with E-state index in [0.717, 1.165) is 6.54 Å². The van der Waals surface area contributed by atoms with E-state index in [-0.39, 0.29) is 0 Å². The fourth-order valence-electron chi connectivity index (χ4n) is 0.381. The van der Waals surface area contributed by atoms with Crippen molar-refractivity contribution in [1.29, 1.82) is 0 Å². The molecule has 2 heteroatoms. The molecule has 0 aliphatic carbocycles. The number of likely N-dealkylation sites (N-methyl/N-ethyl adjacent to an activating group) is 1. The molecule has 0 unspecified atom stereocenters. The van der Waals surface area contributed by atoms with Crippen LogP contribution in [0.15, 0.2) is 11.5 Å². The predicted octanol–water partition coefficient (Wildman–Crippen LogP) is 1.09. The Morgan fingerprint density at radius 2 is 2.67 bits per heavy atom. The monoisotopic (exact) mass is 101 g/mol. The second-order valence-corrected chi connectivity index (χ2v) is 2.39. The molecule has 34 valence electrons. The number of rotatable bonds is 0. The summed E-state index contributed by atoms with van der Waals surface area (Å²) in [5.41, 5.74) is 0. The van der Waals surface area contributed by atoms with E-state index in [4.69, 9.17) is 0 Å². The maximum absolute atomic E-state index is 2.17. The van der Waals surface area contributed by atoms with E-state index >= 15 is 0 Å². The van der Waals surface area contributed by atoms with Crippen molar-refractivity contribution in [2.45, 2.75) is 0 Å². The molecule has 0 spiro atoms. The van der Waals surface area contributed by atoms with E-state index in [2.05, 4.69) is 22.8 Å². The Morgan fingerprint density at radius 3 is 2.83 bits per heavy atom. The van der Waals surface area contributed by atoms with Crippen LogP contribution in [0, 0.1) is 0 Å². The van der Waals surface area contributed by atoms with Crippen LogP contribution < -0.4 is 0 Å². The van der Waals surface area contributed by atoms with Crippen LogP contribution in [0.3, 0.4) is 0 Å². The van der Waals surface area contributed by atoms with Crippen LogP contribution in [0.25, 0.3) is 0 Å². The van der Waals surface area contributed by atoms with Crippen LogP contribution in [0.1, 0.15) is 0 Å². The Balaban J connectivity index is 2.32. The molecule has 0 aromatic heterocycles. The smallest absolute Gasteiger partial charge is 0.0278 e. The molecular weight excluding hydrogens is 94.1 g/mol. The molecule has 0 saturated heterocycles. The molecule has 1 aliphatic heterocycles. The molecule has 0 saturated carbocycles. The molecule has 6 heavy (non-hydrogen) atoms. The van der Waals surface area contributed by atoms with E-state index in [1.165, 1.54) is 0 Å². The second kappa shape index (κ2) is 1.67. The van der Waals surface area contributed by atoms with Crippen molar-refractivity contribution in [2.24, 2.45) is 0 Å². The van der Waals surface area contributed by atoms with Crippen LogP contribution in [-0.2, 0) is 0 Å². The van der Waals surface area contributed by atoms with Crippen molar-refractivity contribution in [3.05, 3.63) is 11.5 Å². The third kappa shape index (κ3) is 0.758. The number of hydrogen-bond donors (Lipinski definition) is 0. The average Bonchev–Trinajstić information content (AvgIpc) is 1.86. The fraction of sp³-hybridized carbons (Fsp3) is 0.500. The molecule has 1 heterocycles. The Morgan fingerprint density at radius 1 is 1.83 bits per heavy atom. The summed E-state index contributed by atoms with van der Waals surface area (Å²) < 4.78 is 2.17. The van der Waals surface area contributed by atoms with E-state index < -0.39 is 0 Å². The van der Waals surface area contributed by atoms with Gasteiger partial charge in [-0.1, -0.05) is 18.0 Å². The van der Waals surface area contributed by atoms with Crippen LogP contribution in [0.2, 0.25) is 0 Å². The molecule has 0 aromatic carbocycles. The molecule has 0 bridgehead atoms. The van der Waals surface area contributed by atoms with Crippen molar-refractivity contribution < 1.29 is 0 Å². The summed E-state index contributed by atoms with van der Waals surface area (Å²) in [5.74, 6) is 0. The summed E-state index contributed by atoms with van der Waals surface area (Å²) in [4.78, 5) is 0. The Labute approximate surface area is 42.2 Å². The summed E-state index contributed by atoms with van der Waals surface area (Å²) >= 11 is 1.75. The van der Waals surface area contributed by atoms with Crippen molar-refractivity contribution >= 4 is 11.9 Å². The van der Waals surface area contributed by atoms with Crippen LogP contribution in [-0.4, -0.2) is 17.9 Å². The Hall–Kier alpha value is 0.0500. The number of nitrogens with zero attached hydrogens (tertiary/aromatic N) is 1. The van der Waals surface area contributed by atoms with Gasteiger partial charge in [0.15, 0.2) is 0 Å². The van der Waals surface area contributed by atoms with E-state index in [9.17, 15) is 0 Å². The SMILES string of the molecule is CN1CC=CS1. The predicted molar refractivity (Wildman–Crippen MR) is 29.4 cm³/mol. The largest absolute Gasteiger partial charge is 0.246 e. The summed E-state index contributed by atoms with van der Waals surface area (Å²) in [5, 5.41) is 2.10. The molecular formula is C4H7NS. The topological polar surface area (TPSA) is 3.24 Å². The standard InChI is InChI=1S/C4H7NS/c1-5-3-2-4-6-5/h2,4H,3H2,1H3. The lowest BCUT2D eigenvalue weighted by Gasteiger charge is -1.99. The minimum absolute atomic E-state index is 1.10. The van der Waals surface area contributed by atoms with Crippen LogP contribution in [0.4, 0.5) is 0 Å². The van der Waals surface area contributed by atoms with Gasteiger partial charge in [0.25, 0.3) is 0 Å². The first kappa shape index (κ1) is 4.22. The minimum atomic E-state index is 1.10. The van der Waals surface area contributed by atoms with E-state index in [1.54, 1.807) is 11.9 Å². The third-order valence-electron chi connectivity index (χ3n) is 0.700. The summed E-state index contributed by atoms with van der Waals surface area (Å²) in [6.45, 7) is 1.10. The van der Waals surface area contributed by atoms with Gasteiger partial charge in [0, 0.05) is 6.54 Å². The second-order valence-electron chi connectivity index (χ2n) is 1.29. The van der Waals surface area contributed by atoms with Crippen molar-refractivity contribution in [2.75, 3.05) is 13.6 Å². The van der Waals surface area contributed by atoms with Gasteiger partial charge >= 0.3 is 0 Å². The van der Waals surface area contributed by atoms with Gasteiger partial charge in [0.1, 0.15) is 0 Å². The van der Waals surface area contributed by atoms with Crippen molar-refractivity contribution in [3.8, 4) is 0 Å². The van der Waals surface area contributed by atoms with Gasteiger partial charge in [-0.15, -0.1) is 0 Å². The van der Waals surface area contributed by atoms with E-state index in [1.807, 2.05) is 0 Å². The molecule has 0 amide bonds. The highest BCUT2D eigenvalue weighted by Gasteiger charge is 1.96. The quantitative estimate of drug-likeness (QED) is 0.420. The first-order valence-corrected chi connectivity index (χ1v) is 2.76. The van der Waals surface area contributed by atoms with Crippen molar-refractivity contribution in [1.82, 2.24) is 4.31 Å². The highest BCUT2D eigenvalue weighted by atomic mass is 32.2. The molecule has 1 aliphatic rings. The van der Waals surface area contributed by atoms with Gasteiger partial charge < -0.3 is 0 Å². The number of hydrogen-bond acceptors (Lipinski definition) is 2.